The number of benzene rings is 1. The Morgan fingerprint density at radius 3 is 2.74 bits per heavy atom. The van der Waals surface area contributed by atoms with Gasteiger partial charge in [-0.15, -0.1) is 0 Å². The predicted molar refractivity (Wildman–Crippen MR) is 88.7 cm³/mol. The summed E-state index contributed by atoms with van der Waals surface area (Å²) in [6.07, 6.45) is 3.50. The van der Waals surface area contributed by atoms with Crippen molar-refractivity contribution >= 4 is 8.07 Å². The van der Waals surface area contributed by atoms with Gasteiger partial charge in [0.25, 0.3) is 0 Å². The first-order chi connectivity index (χ1) is 10.8. The van der Waals surface area contributed by atoms with Crippen LogP contribution >= 0.6 is 0 Å². The fourth-order valence-electron chi connectivity index (χ4n) is 1.89. The van der Waals surface area contributed by atoms with Gasteiger partial charge in [0.2, 0.25) is 0 Å². The van der Waals surface area contributed by atoms with Crippen molar-refractivity contribution < 1.29 is 19.0 Å². The van der Waals surface area contributed by atoms with Crippen LogP contribution in [-0.4, -0.2) is 29.3 Å². The van der Waals surface area contributed by atoms with E-state index in [4.69, 9.17) is 9.47 Å². The van der Waals surface area contributed by atoms with E-state index in [1.807, 2.05) is 10.8 Å². The minimum absolute atomic E-state index is 0.165. The molecule has 0 amide bonds. The van der Waals surface area contributed by atoms with Crippen LogP contribution in [0, 0.1) is 5.82 Å². The van der Waals surface area contributed by atoms with Gasteiger partial charge in [-0.2, -0.15) is 0 Å². The topological polar surface area (TPSA) is 56.5 Å². The number of rotatable bonds is 8. The fraction of sp³-hybridized carbons (Fsp3) is 0.438. The highest BCUT2D eigenvalue weighted by Gasteiger charge is 2.12. The largest absolute Gasteiger partial charge is 0.508 e. The Hall–Kier alpha value is -1.86. The Balaban J connectivity index is 1.78. The Labute approximate surface area is 136 Å². The smallest absolute Gasteiger partial charge is 0.132 e. The van der Waals surface area contributed by atoms with E-state index in [0.717, 1.165) is 18.7 Å². The van der Waals surface area contributed by atoms with E-state index in [0.29, 0.717) is 12.4 Å². The summed E-state index contributed by atoms with van der Waals surface area (Å²) in [5.41, 5.74) is 0.711. The van der Waals surface area contributed by atoms with Gasteiger partial charge in [-0.3, -0.25) is 0 Å². The van der Waals surface area contributed by atoms with Crippen molar-refractivity contribution in [3.63, 3.8) is 0 Å². The molecule has 0 radical (unpaired) electrons. The molecule has 1 heterocycles. The summed E-state index contributed by atoms with van der Waals surface area (Å²) in [6.45, 7) is 8.35. The molecule has 23 heavy (non-hydrogen) atoms. The molecule has 0 atom stereocenters. The normalized spacial score (nSPS) is 11.7. The minimum Gasteiger partial charge on any atom is -0.508 e. The molecule has 126 valence electrons. The summed E-state index contributed by atoms with van der Waals surface area (Å²) in [5.74, 6) is -0.439. The molecule has 0 spiro atoms. The van der Waals surface area contributed by atoms with Crippen LogP contribution in [0.4, 0.5) is 4.39 Å². The van der Waals surface area contributed by atoms with Crippen molar-refractivity contribution in [2.45, 2.75) is 39.0 Å². The quantitative estimate of drug-likeness (QED) is 0.590. The lowest BCUT2D eigenvalue weighted by molar-refractivity contribution is 0.0870. The van der Waals surface area contributed by atoms with Gasteiger partial charge in [-0.25, -0.2) is 9.37 Å². The van der Waals surface area contributed by atoms with Gasteiger partial charge in [-0.05, 0) is 6.04 Å². The van der Waals surface area contributed by atoms with E-state index in [1.165, 1.54) is 12.1 Å². The van der Waals surface area contributed by atoms with Crippen LogP contribution in [0.5, 0.6) is 11.5 Å². The predicted octanol–water partition coefficient (Wildman–Crippen LogP) is 3.62. The first kappa shape index (κ1) is 17.5. The Kier molecular flexibility index (Phi) is 5.78. The Bertz CT molecular complexity index is 620. The highest BCUT2D eigenvalue weighted by molar-refractivity contribution is 6.76. The van der Waals surface area contributed by atoms with Crippen LogP contribution in [0.25, 0.3) is 0 Å². The minimum atomic E-state index is -1.07. The van der Waals surface area contributed by atoms with E-state index in [1.54, 1.807) is 6.33 Å². The zero-order valence-corrected chi connectivity index (χ0v) is 14.8. The van der Waals surface area contributed by atoms with Gasteiger partial charge >= 0.3 is 0 Å². The van der Waals surface area contributed by atoms with Gasteiger partial charge < -0.3 is 19.1 Å². The lowest BCUT2D eigenvalue weighted by Crippen LogP contribution is -2.21. The monoisotopic (exact) mass is 338 g/mol. The van der Waals surface area contributed by atoms with E-state index < -0.39 is 13.9 Å². The summed E-state index contributed by atoms with van der Waals surface area (Å²) >= 11 is 0. The van der Waals surface area contributed by atoms with E-state index in [2.05, 4.69) is 24.6 Å². The summed E-state index contributed by atoms with van der Waals surface area (Å²) in [7, 11) is -1.07. The number of phenolic OH excluding ortho intramolecular Hbond substituents is 1. The van der Waals surface area contributed by atoms with Crippen molar-refractivity contribution in [2.24, 2.45) is 0 Å². The number of aromatic nitrogens is 2. The van der Waals surface area contributed by atoms with Crippen molar-refractivity contribution in [2.75, 3.05) is 6.61 Å². The first-order valence-corrected chi connectivity index (χ1v) is 11.2. The summed E-state index contributed by atoms with van der Waals surface area (Å²) < 4.78 is 26.0. The van der Waals surface area contributed by atoms with Crippen LogP contribution in [0.3, 0.4) is 0 Å². The molecule has 0 aliphatic rings. The average molecular weight is 338 g/mol. The van der Waals surface area contributed by atoms with Gasteiger partial charge in [0.1, 0.15) is 30.7 Å². The lowest BCUT2D eigenvalue weighted by atomic mass is 10.3. The van der Waals surface area contributed by atoms with Crippen molar-refractivity contribution in [3.8, 4) is 11.5 Å². The maximum absolute atomic E-state index is 13.1. The van der Waals surface area contributed by atoms with Crippen molar-refractivity contribution in [1.29, 1.82) is 0 Å². The van der Waals surface area contributed by atoms with Crippen LogP contribution in [0.15, 0.2) is 30.7 Å². The summed E-state index contributed by atoms with van der Waals surface area (Å²) in [5, 5.41) is 9.32. The van der Waals surface area contributed by atoms with E-state index >= 15 is 0 Å². The second-order valence-electron chi connectivity index (χ2n) is 6.66. The third-order valence-corrected chi connectivity index (χ3v) is 4.87. The average Bonchev–Trinajstić information content (AvgIpc) is 2.87. The molecule has 1 aromatic heterocycles. The number of phenols is 1. The number of nitrogens with zero attached hydrogens (tertiary/aromatic N) is 2. The lowest BCUT2D eigenvalue weighted by Gasteiger charge is -2.15. The van der Waals surface area contributed by atoms with Gasteiger partial charge in [-0.1, -0.05) is 19.6 Å². The maximum atomic E-state index is 13.1. The van der Waals surface area contributed by atoms with Gasteiger partial charge in [0, 0.05) is 39.1 Å². The second-order valence-corrected chi connectivity index (χ2v) is 12.3. The number of aromatic hydroxyl groups is 1. The molecule has 1 aromatic carbocycles. The molecule has 0 bridgehead atoms. The van der Waals surface area contributed by atoms with E-state index in [9.17, 15) is 9.50 Å². The molecule has 2 rings (SSSR count). The molecule has 0 saturated heterocycles. The number of imidazole rings is 1. The number of ether oxygens (including phenoxy) is 2. The van der Waals surface area contributed by atoms with Crippen molar-refractivity contribution in [3.05, 3.63) is 42.2 Å². The molecule has 0 fully saturated rings. The highest BCUT2D eigenvalue weighted by atomic mass is 28.3. The van der Waals surface area contributed by atoms with E-state index in [-0.39, 0.29) is 18.1 Å². The fourth-order valence-corrected chi connectivity index (χ4v) is 2.65. The number of hydrogen-bond donors (Lipinski definition) is 1. The molecule has 5 nitrogen and oxygen atoms in total. The molecule has 2 aromatic rings. The van der Waals surface area contributed by atoms with Crippen LogP contribution in [0.1, 0.15) is 5.69 Å². The second kappa shape index (κ2) is 7.61. The van der Waals surface area contributed by atoms with Crippen molar-refractivity contribution in [1.82, 2.24) is 9.55 Å². The first-order valence-electron chi connectivity index (χ1n) is 7.53. The molecule has 0 saturated carbocycles. The Morgan fingerprint density at radius 2 is 2.04 bits per heavy atom. The molecule has 0 aliphatic carbocycles. The van der Waals surface area contributed by atoms with Crippen LogP contribution < -0.4 is 4.74 Å². The van der Waals surface area contributed by atoms with Crippen LogP contribution in [0.2, 0.25) is 25.7 Å². The zero-order valence-electron chi connectivity index (χ0n) is 13.8. The molecule has 7 heteroatoms. The maximum Gasteiger partial charge on any atom is 0.132 e. The standard InChI is InChI=1S/C16H23FN2O3Si/c1-23(2,3)5-4-21-12-19-9-14(18-11-19)10-22-16-7-13(17)6-15(20)8-16/h6-9,11,20H,4-5,10,12H2,1-3H3. The summed E-state index contributed by atoms with van der Waals surface area (Å²) in [6, 6.07) is 4.73. The SMILES string of the molecule is C[Si](C)(C)CCOCn1cnc(COc2cc(O)cc(F)c2)c1. The molecule has 0 unspecified atom stereocenters. The zero-order chi connectivity index (χ0) is 16.9. The number of hydrogen-bond acceptors (Lipinski definition) is 4. The third-order valence-electron chi connectivity index (χ3n) is 3.17. The third kappa shape index (κ3) is 6.41. The number of halogens is 1. The van der Waals surface area contributed by atoms with Gasteiger partial charge in [0.05, 0.1) is 12.0 Å². The van der Waals surface area contributed by atoms with Crippen LogP contribution in [-0.2, 0) is 18.1 Å². The summed E-state index contributed by atoms with van der Waals surface area (Å²) in [4.78, 5) is 4.21. The van der Waals surface area contributed by atoms with Gasteiger partial charge in [0.15, 0.2) is 0 Å². The molecular weight excluding hydrogens is 315 g/mol. The molecule has 0 aliphatic heterocycles. The molecule has 1 N–H and O–H groups in total. The molecular formula is C16H23FN2O3Si. The Morgan fingerprint density at radius 1 is 1.26 bits per heavy atom. The highest BCUT2D eigenvalue weighted by Crippen LogP contribution is 2.21.